The fraction of sp³-hybridized carbons (Fsp3) is 0.316. The van der Waals surface area contributed by atoms with Crippen LogP contribution < -0.4 is 20.1 Å². The lowest BCUT2D eigenvalue weighted by atomic mass is 10.1. The number of benzene rings is 2. The predicted octanol–water partition coefficient (Wildman–Crippen LogP) is 4.15. The van der Waals surface area contributed by atoms with Crippen LogP contribution in [0.25, 0.3) is 0 Å². The third-order valence-electron chi connectivity index (χ3n) is 3.91. The van der Waals surface area contributed by atoms with E-state index in [0.29, 0.717) is 24.5 Å². The Labute approximate surface area is 165 Å². The Balaban J connectivity index is 1.84. The van der Waals surface area contributed by atoms with Crippen molar-refractivity contribution in [1.29, 1.82) is 0 Å². The molecule has 0 heterocycles. The lowest BCUT2D eigenvalue weighted by Gasteiger charge is -2.13. The Morgan fingerprint density at radius 1 is 1.07 bits per heavy atom. The summed E-state index contributed by atoms with van der Waals surface area (Å²) in [6.07, 6.45) is -4.00. The van der Waals surface area contributed by atoms with Gasteiger partial charge in [0.2, 0.25) is 5.91 Å². The molecule has 0 atom stereocenters. The smallest absolute Gasteiger partial charge is 0.417 e. The first-order valence-corrected chi connectivity index (χ1v) is 8.70. The van der Waals surface area contributed by atoms with E-state index in [1.807, 2.05) is 12.1 Å². The second-order valence-electron chi connectivity index (χ2n) is 5.84. The van der Waals surface area contributed by atoms with Gasteiger partial charge in [-0.1, -0.05) is 17.7 Å². The average Bonchev–Trinajstić information content (AvgIpc) is 2.66. The van der Waals surface area contributed by atoms with Gasteiger partial charge in [-0.15, -0.1) is 0 Å². The molecule has 0 aromatic heterocycles. The average molecular weight is 417 g/mol. The van der Waals surface area contributed by atoms with Gasteiger partial charge in [-0.25, -0.2) is 0 Å². The lowest BCUT2D eigenvalue weighted by Crippen LogP contribution is -2.31. The highest BCUT2D eigenvalue weighted by molar-refractivity contribution is 6.31. The Hall–Kier alpha value is -2.61. The molecular formula is C19H20ClF3N2O3. The number of anilines is 1. The molecular weight excluding hydrogens is 397 g/mol. The third-order valence-corrected chi connectivity index (χ3v) is 4.24. The van der Waals surface area contributed by atoms with Crippen LogP contribution in [0.4, 0.5) is 18.9 Å². The highest BCUT2D eigenvalue weighted by Gasteiger charge is 2.33. The molecule has 0 radical (unpaired) electrons. The van der Waals surface area contributed by atoms with Crippen molar-refractivity contribution < 1.29 is 27.4 Å². The highest BCUT2D eigenvalue weighted by Crippen LogP contribution is 2.36. The van der Waals surface area contributed by atoms with Gasteiger partial charge < -0.3 is 20.1 Å². The quantitative estimate of drug-likeness (QED) is 0.678. The summed E-state index contributed by atoms with van der Waals surface area (Å²) in [6.45, 7) is 0.204. The first kappa shape index (κ1) is 21.7. The molecule has 1 amide bonds. The maximum atomic E-state index is 12.8. The number of rotatable bonds is 8. The molecule has 0 unspecified atom stereocenters. The van der Waals surface area contributed by atoms with Crippen LogP contribution in [-0.4, -0.2) is 33.2 Å². The van der Waals surface area contributed by atoms with E-state index >= 15 is 0 Å². The Kier molecular flexibility index (Phi) is 7.39. The number of alkyl halides is 3. The molecule has 2 aromatic carbocycles. The first-order valence-electron chi connectivity index (χ1n) is 8.33. The van der Waals surface area contributed by atoms with Crippen molar-refractivity contribution in [1.82, 2.24) is 5.32 Å². The molecule has 152 valence electrons. The van der Waals surface area contributed by atoms with Crippen molar-refractivity contribution in [2.45, 2.75) is 12.6 Å². The van der Waals surface area contributed by atoms with E-state index in [-0.39, 0.29) is 18.1 Å². The first-order chi connectivity index (χ1) is 13.2. The summed E-state index contributed by atoms with van der Waals surface area (Å²) < 4.78 is 48.9. The van der Waals surface area contributed by atoms with E-state index in [9.17, 15) is 18.0 Å². The van der Waals surface area contributed by atoms with Gasteiger partial charge in [0.15, 0.2) is 11.5 Å². The van der Waals surface area contributed by atoms with Crippen molar-refractivity contribution in [2.75, 3.05) is 32.6 Å². The van der Waals surface area contributed by atoms with Crippen molar-refractivity contribution in [2.24, 2.45) is 0 Å². The Morgan fingerprint density at radius 3 is 2.43 bits per heavy atom. The molecule has 28 heavy (non-hydrogen) atoms. The SMILES string of the molecule is COc1ccc(CCNC(=O)CNc2ccc(Cl)c(C(F)(F)F)c2)cc1OC. The normalized spacial score (nSPS) is 11.1. The number of hydrogen-bond donors (Lipinski definition) is 2. The van der Waals surface area contributed by atoms with Crippen molar-refractivity contribution in [3.05, 3.63) is 52.5 Å². The number of hydrogen-bond acceptors (Lipinski definition) is 4. The summed E-state index contributed by atoms with van der Waals surface area (Å²) in [4.78, 5) is 11.9. The zero-order chi connectivity index (χ0) is 20.7. The topological polar surface area (TPSA) is 59.6 Å². The van der Waals surface area contributed by atoms with Gasteiger partial charge in [0.25, 0.3) is 0 Å². The van der Waals surface area contributed by atoms with Crippen LogP contribution in [0, 0.1) is 0 Å². The predicted molar refractivity (Wildman–Crippen MR) is 101 cm³/mol. The largest absolute Gasteiger partial charge is 0.493 e. The van der Waals surface area contributed by atoms with Crippen molar-refractivity contribution in [3.63, 3.8) is 0 Å². The molecule has 2 N–H and O–H groups in total. The second kappa shape index (κ2) is 9.54. The molecule has 0 spiro atoms. The highest BCUT2D eigenvalue weighted by atomic mass is 35.5. The molecule has 2 aromatic rings. The van der Waals surface area contributed by atoms with Gasteiger partial charge in [-0.3, -0.25) is 4.79 Å². The molecule has 9 heteroatoms. The molecule has 0 saturated carbocycles. The molecule has 0 saturated heterocycles. The van der Waals surface area contributed by atoms with E-state index in [4.69, 9.17) is 21.1 Å². The fourth-order valence-corrected chi connectivity index (χ4v) is 2.70. The monoisotopic (exact) mass is 416 g/mol. The van der Waals surface area contributed by atoms with Crippen LogP contribution in [0.15, 0.2) is 36.4 Å². The van der Waals surface area contributed by atoms with Crippen LogP contribution in [0.2, 0.25) is 5.02 Å². The number of nitrogens with one attached hydrogen (secondary N) is 2. The number of ether oxygens (including phenoxy) is 2. The van der Waals surface area contributed by atoms with Crippen LogP contribution in [0.1, 0.15) is 11.1 Å². The van der Waals surface area contributed by atoms with Crippen LogP contribution in [0.5, 0.6) is 11.5 Å². The maximum absolute atomic E-state index is 12.8. The van der Waals surface area contributed by atoms with Crippen LogP contribution in [0.3, 0.4) is 0 Å². The standard InChI is InChI=1S/C19H20ClF3N2O3/c1-27-16-6-3-12(9-17(16)28-2)7-8-24-18(26)11-25-13-4-5-15(20)14(10-13)19(21,22)23/h3-6,9-10,25H,7-8,11H2,1-2H3,(H,24,26). The lowest BCUT2D eigenvalue weighted by molar-refractivity contribution is -0.137. The summed E-state index contributed by atoms with van der Waals surface area (Å²) in [7, 11) is 3.08. The molecule has 0 aliphatic heterocycles. The molecule has 5 nitrogen and oxygen atoms in total. The van der Waals surface area contributed by atoms with Crippen LogP contribution in [-0.2, 0) is 17.4 Å². The minimum Gasteiger partial charge on any atom is -0.493 e. The summed E-state index contributed by atoms with van der Waals surface area (Å²) >= 11 is 5.57. The zero-order valence-corrected chi connectivity index (χ0v) is 16.1. The Morgan fingerprint density at radius 2 is 1.79 bits per heavy atom. The van der Waals surface area contributed by atoms with E-state index in [1.54, 1.807) is 13.2 Å². The summed E-state index contributed by atoms with van der Waals surface area (Å²) in [6, 6.07) is 8.85. The molecule has 2 rings (SSSR count). The van der Waals surface area contributed by atoms with Gasteiger partial charge in [0.05, 0.1) is 31.4 Å². The summed E-state index contributed by atoms with van der Waals surface area (Å²) in [5.41, 5.74) is 0.151. The molecule has 0 aliphatic rings. The summed E-state index contributed by atoms with van der Waals surface area (Å²) in [5, 5.41) is 4.97. The van der Waals surface area contributed by atoms with E-state index in [2.05, 4.69) is 10.6 Å². The van der Waals surface area contributed by atoms with Crippen molar-refractivity contribution >= 4 is 23.2 Å². The zero-order valence-electron chi connectivity index (χ0n) is 15.3. The fourth-order valence-electron chi connectivity index (χ4n) is 2.48. The van der Waals surface area contributed by atoms with Gasteiger partial charge in [0.1, 0.15) is 0 Å². The number of carbonyl (C=O) groups excluding carboxylic acids is 1. The van der Waals surface area contributed by atoms with Gasteiger partial charge >= 0.3 is 6.18 Å². The minimum atomic E-state index is -4.56. The summed E-state index contributed by atoms with van der Waals surface area (Å²) in [5.74, 6) is 0.862. The number of halogens is 4. The number of carbonyl (C=O) groups is 1. The minimum absolute atomic E-state index is 0.159. The molecule has 0 aliphatic carbocycles. The van der Waals surface area contributed by atoms with Crippen LogP contribution >= 0.6 is 11.6 Å². The van der Waals surface area contributed by atoms with E-state index in [1.165, 1.54) is 13.2 Å². The third kappa shape index (κ3) is 5.95. The molecule has 0 bridgehead atoms. The number of methoxy groups -OCH3 is 2. The second-order valence-corrected chi connectivity index (χ2v) is 6.24. The van der Waals surface area contributed by atoms with E-state index in [0.717, 1.165) is 17.7 Å². The maximum Gasteiger partial charge on any atom is 0.417 e. The van der Waals surface area contributed by atoms with Crippen molar-refractivity contribution in [3.8, 4) is 11.5 Å². The van der Waals surface area contributed by atoms with E-state index < -0.39 is 16.8 Å². The van der Waals surface area contributed by atoms with Gasteiger partial charge in [-0.2, -0.15) is 13.2 Å². The molecule has 0 fully saturated rings. The van der Waals surface area contributed by atoms with Gasteiger partial charge in [0, 0.05) is 12.2 Å². The Bertz CT molecular complexity index is 829. The van der Waals surface area contributed by atoms with Gasteiger partial charge in [-0.05, 0) is 42.3 Å². The number of amides is 1.